The molecule has 0 aromatic heterocycles. The van der Waals surface area contributed by atoms with Crippen LogP contribution in [0.2, 0.25) is 0 Å². The van der Waals surface area contributed by atoms with Crippen LogP contribution in [0.1, 0.15) is 19.4 Å². The zero-order valence-corrected chi connectivity index (χ0v) is 13.2. The van der Waals surface area contributed by atoms with Crippen molar-refractivity contribution in [2.24, 2.45) is 0 Å². The van der Waals surface area contributed by atoms with Crippen molar-refractivity contribution in [1.82, 2.24) is 5.32 Å². The monoisotopic (exact) mass is 312 g/mol. The molecule has 0 heterocycles. The zero-order chi connectivity index (χ0) is 16.7. The van der Waals surface area contributed by atoms with Crippen molar-refractivity contribution in [2.45, 2.75) is 26.5 Å². The maximum Gasteiger partial charge on any atom is 0.261 e. The van der Waals surface area contributed by atoms with E-state index in [0.29, 0.717) is 12.3 Å². The number of hydrogen-bond donors (Lipinski definition) is 2. The summed E-state index contributed by atoms with van der Waals surface area (Å²) >= 11 is 0. The molecule has 0 bridgehead atoms. The van der Waals surface area contributed by atoms with Crippen LogP contribution in [0.15, 0.2) is 54.6 Å². The van der Waals surface area contributed by atoms with Gasteiger partial charge in [0.25, 0.3) is 5.91 Å². The minimum atomic E-state index is -0.573. The average Bonchev–Trinajstić information content (AvgIpc) is 2.54. The molecule has 1 atom stereocenters. The summed E-state index contributed by atoms with van der Waals surface area (Å²) in [6.07, 6.45) is -0.573. The summed E-state index contributed by atoms with van der Waals surface area (Å²) in [4.78, 5) is 23.0. The minimum Gasteiger partial charge on any atom is -0.481 e. The second kappa shape index (κ2) is 7.98. The van der Waals surface area contributed by atoms with Crippen LogP contribution in [0.5, 0.6) is 5.75 Å². The van der Waals surface area contributed by atoms with Gasteiger partial charge in [-0.1, -0.05) is 30.3 Å². The largest absolute Gasteiger partial charge is 0.481 e. The Labute approximate surface area is 135 Å². The lowest BCUT2D eigenvalue weighted by molar-refractivity contribution is -0.127. The SMILES string of the molecule is CC(=O)Nc1ccc(CNC(=O)C(C)Oc2ccccc2)cc1. The van der Waals surface area contributed by atoms with Crippen molar-refractivity contribution in [2.75, 3.05) is 5.32 Å². The predicted octanol–water partition coefficient (Wildman–Crippen LogP) is 2.73. The summed E-state index contributed by atoms with van der Waals surface area (Å²) in [6.45, 7) is 3.58. The first-order valence-corrected chi connectivity index (χ1v) is 7.40. The molecule has 0 spiro atoms. The van der Waals surface area contributed by atoms with E-state index in [0.717, 1.165) is 11.3 Å². The van der Waals surface area contributed by atoms with Crippen LogP contribution in [0, 0.1) is 0 Å². The highest BCUT2D eigenvalue weighted by Crippen LogP contribution is 2.12. The molecule has 0 aliphatic heterocycles. The van der Waals surface area contributed by atoms with Crippen LogP contribution in [-0.2, 0) is 16.1 Å². The van der Waals surface area contributed by atoms with Gasteiger partial charge in [0, 0.05) is 19.2 Å². The highest BCUT2D eigenvalue weighted by Gasteiger charge is 2.13. The maximum absolute atomic E-state index is 12.0. The van der Waals surface area contributed by atoms with E-state index in [4.69, 9.17) is 4.74 Å². The van der Waals surface area contributed by atoms with Gasteiger partial charge in [-0.25, -0.2) is 0 Å². The van der Waals surface area contributed by atoms with Gasteiger partial charge in [-0.15, -0.1) is 0 Å². The fraction of sp³-hybridized carbons (Fsp3) is 0.222. The highest BCUT2D eigenvalue weighted by molar-refractivity contribution is 5.88. The van der Waals surface area contributed by atoms with E-state index >= 15 is 0 Å². The van der Waals surface area contributed by atoms with Gasteiger partial charge in [0.15, 0.2) is 6.10 Å². The summed E-state index contributed by atoms with van der Waals surface area (Å²) < 4.78 is 5.57. The van der Waals surface area contributed by atoms with Gasteiger partial charge in [-0.3, -0.25) is 9.59 Å². The van der Waals surface area contributed by atoms with E-state index < -0.39 is 6.10 Å². The zero-order valence-electron chi connectivity index (χ0n) is 13.2. The fourth-order valence-corrected chi connectivity index (χ4v) is 2.00. The van der Waals surface area contributed by atoms with Gasteiger partial charge >= 0.3 is 0 Å². The predicted molar refractivity (Wildman–Crippen MR) is 89.1 cm³/mol. The Morgan fingerprint density at radius 2 is 1.70 bits per heavy atom. The number of benzene rings is 2. The number of amides is 2. The summed E-state index contributed by atoms with van der Waals surface area (Å²) in [6, 6.07) is 16.5. The summed E-state index contributed by atoms with van der Waals surface area (Å²) in [5.74, 6) is 0.368. The van der Waals surface area contributed by atoms with Crippen LogP contribution in [0.3, 0.4) is 0 Å². The Hall–Kier alpha value is -2.82. The Kier molecular flexibility index (Phi) is 5.74. The van der Waals surface area contributed by atoms with E-state index in [2.05, 4.69) is 10.6 Å². The Morgan fingerprint density at radius 1 is 1.04 bits per heavy atom. The minimum absolute atomic E-state index is 0.113. The molecule has 0 radical (unpaired) electrons. The Balaban J connectivity index is 1.82. The van der Waals surface area contributed by atoms with E-state index in [9.17, 15) is 9.59 Å². The molecule has 120 valence electrons. The van der Waals surface area contributed by atoms with Crippen LogP contribution in [0.4, 0.5) is 5.69 Å². The first-order valence-electron chi connectivity index (χ1n) is 7.40. The standard InChI is InChI=1S/C18H20N2O3/c1-13(23-17-6-4-3-5-7-17)18(22)19-12-15-8-10-16(11-9-15)20-14(2)21/h3-11,13H,12H2,1-2H3,(H,19,22)(H,20,21). The fourth-order valence-electron chi connectivity index (χ4n) is 2.00. The quantitative estimate of drug-likeness (QED) is 0.862. The molecular formula is C18H20N2O3. The molecular weight excluding hydrogens is 292 g/mol. The molecule has 2 amide bonds. The van der Waals surface area contributed by atoms with Gasteiger partial charge in [-0.2, -0.15) is 0 Å². The second-order valence-electron chi connectivity index (χ2n) is 5.17. The lowest BCUT2D eigenvalue weighted by atomic mass is 10.2. The molecule has 0 saturated carbocycles. The average molecular weight is 312 g/mol. The number of carbonyl (C=O) groups is 2. The second-order valence-corrected chi connectivity index (χ2v) is 5.17. The third-order valence-corrected chi connectivity index (χ3v) is 3.17. The van der Waals surface area contributed by atoms with Crippen molar-refractivity contribution in [3.63, 3.8) is 0 Å². The number of nitrogens with one attached hydrogen (secondary N) is 2. The van der Waals surface area contributed by atoms with Crippen molar-refractivity contribution in [3.05, 3.63) is 60.2 Å². The normalized spacial score (nSPS) is 11.4. The van der Waals surface area contributed by atoms with Gasteiger partial charge in [0.05, 0.1) is 0 Å². The highest BCUT2D eigenvalue weighted by atomic mass is 16.5. The molecule has 2 aromatic rings. The molecule has 2 rings (SSSR count). The Morgan fingerprint density at radius 3 is 2.30 bits per heavy atom. The van der Waals surface area contributed by atoms with E-state index in [1.807, 2.05) is 42.5 Å². The van der Waals surface area contributed by atoms with Gasteiger partial charge < -0.3 is 15.4 Å². The summed E-state index contributed by atoms with van der Waals surface area (Å²) in [7, 11) is 0. The van der Waals surface area contributed by atoms with Crippen LogP contribution < -0.4 is 15.4 Å². The number of carbonyl (C=O) groups excluding carboxylic acids is 2. The summed E-state index contributed by atoms with van der Waals surface area (Å²) in [5.41, 5.74) is 1.67. The van der Waals surface area contributed by atoms with Crippen molar-refractivity contribution < 1.29 is 14.3 Å². The molecule has 23 heavy (non-hydrogen) atoms. The van der Waals surface area contributed by atoms with Crippen LogP contribution >= 0.6 is 0 Å². The molecule has 0 saturated heterocycles. The molecule has 0 fully saturated rings. The third kappa shape index (κ3) is 5.47. The van der Waals surface area contributed by atoms with Gasteiger partial charge in [-0.05, 0) is 36.8 Å². The molecule has 0 aliphatic rings. The number of rotatable bonds is 6. The molecule has 0 aliphatic carbocycles. The first kappa shape index (κ1) is 16.5. The van der Waals surface area contributed by atoms with Gasteiger partial charge in [0.1, 0.15) is 5.75 Å². The molecule has 5 heteroatoms. The van der Waals surface area contributed by atoms with E-state index in [-0.39, 0.29) is 11.8 Å². The third-order valence-electron chi connectivity index (χ3n) is 3.17. The molecule has 1 unspecified atom stereocenters. The van der Waals surface area contributed by atoms with Crippen LogP contribution in [-0.4, -0.2) is 17.9 Å². The van der Waals surface area contributed by atoms with Gasteiger partial charge in [0.2, 0.25) is 5.91 Å². The van der Waals surface area contributed by atoms with E-state index in [1.165, 1.54) is 6.92 Å². The number of para-hydroxylation sites is 1. The van der Waals surface area contributed by atoms with Crippen molar-refractivity contribution >= 4 is 17.5 Å². The smallest absolute Gasteiger partial charge is 0.261 e. The lowest BCUT2D eigenvalue weighted by Gasteiger charge is -2.14. The summed E-state index contributed by atoms with van der Waals surface area (Å²) in [5, 5.41) is 5.52. The van der Waals surface area contributed by atoms with Crippen LogP contribution in [0.25, 0.3) is 0 Å². The number of hydrogen-bond acceptors (Lipinski definition) is 3. The topological polar surface area (TPSA) is 67.4 Å². The molecule has 2 N–H and O–H groups in total. The number of anilines is 1. The number of ether oxygens (including phenoxy) is 1. The Bertz CT molecular complexity index is 654. The first-order chi connectivity index (χ1) is 11.0. The maximum atomic E-state index is 12.0. The lowest BCUT2D eigenvalue weighted by Crippen LogP contribution is -2.35. The van der Waals surface area contributed by atoms with E-state index in [1.54, 1.807) is 19.1 Å². The van der Waals surface area contributed by atoms with Crippen molar-refractivity contribution in [1.29, 1.82) is 0 Å². The molecule has 2 aromatic carbocycles. The molecule has 5 nitrogen and oxygen atoms in total. The van der Waals surface area contributed by atoms with Crippen molar-refractivity contribution in [3.8, 4) is 5.75 Å².